The van der Waals surface area contributed by atoms with Gasteiger partial charge in [-0.2, -0.15) is 0 Å². The van der Waals surface area contributed by atoms with Crippen molar-refractivity contribution in [2.24, 2.45) is 0 Å². The van der Waals surface area contributed by atoms with Crippen LogP contribution in [0.4, 0.5) is 0 Å². The number of hydrogen-bond acceptors (Lipinski definition) is 4. The Balaban J connectivity index is 3.63. The van der Waals surface area contributed by atoms with Crippen LogP contribution in [-0.4, -0.2) is 50.7 Å². The second-order valence-electron chi connectivity index (χ2n) is 3.61. The highest BCUT2D eigenvalue weighted by Crippen LogP contribution is 1.93. The van der Waals surface area contributed by atoms with Crippen LogP contribution in [0.3, 0.4) is 0 Å². The molecule has 4 heteroatoms. The van der Waals surface area contributed by atoms with Crippen molar-refractivity contribution < 1.29 is 9.53 Å². The molecule has 0 saturated heterocycles. The molecule has 0 saturated carbocycles. The number of esters is 1. The van der Waals surface area contributed by atoms with E-state index in [4.69, 9.17) is 0 Å². The van der Waals surface area contributed by atoms with Gasteiger partial charge in [0.1, 0.15) is 0 Å². The third-order valence-electron chi connectivity index (χ3n) is 2.56. The van der Waals surface area contributed by atoms with Crippen molar-refractivity contribution in [2.75, 3.05) is 39.8 Å². The maximum atomic E-state index is 11.0. The van der Waals surface area contributed by atoms with Crippen molar-refractivity contribution in [1.82, 2.24) is 10.2 Å². The molecule has 0 radical (unpaired) electrons. The van der Waals surface area contributed by atoms with Gasteiger partial charge >= 0.3 is 5.97 Å². The van der Waals surface area contributed by atoms with Gasteiger partial charge in [-0.3, -0.25) is 0 Å². The van der Waals surface area contributed by atoms with Crippen molar-refractivity contribution >= 4 is 5.97 Å². The van der Waals surface area contributed by atoms with Gasteiger partial charge < -0.3 is 15.0 Å². The molecule has 4 nitrogen and oxygen atoms in total. The SMILES string of the molecule is CCN(CC)CCNC/C=C(/C)C(=O)OC. The Morgan fingerprint density at radius 2 is 2.00 bits per heavy atom. The molecule has 0 unspecified atom stereocenters. The first-order valence-electron chi connectivity index (χ1n) is 5.83. The summed E-state index contributed by atoms with van der Waals surface area (Å²) in [6, 6.07) is 0. The summed E-state index contributed by atoms with van der Waals surface area (Å²) in [5, 5.41) is 3.27. The number of carbonyl (C=O) groups excluding carboxylic acids is 1. The summed E-state index contributed by atoms with van der Waals surface area (Å²) in [4.78, 5) is 13.4. The minimum absolute atomic E-state index is 0.259. The molecule has 1 N–H and O–H groups in total. The van der Waals surface area contributed by atoms with E-state index in [0.717, 1.165) is 26.2 Å². The number of methoxy groups -OCH3 is 1. The van der Waals surface area contributed by atoms with Crippen LogP contribution in [0, 0.1) is 0 Å². The molecule has 0 atom stereocenters. The summed E-state index contributed by atoms with van der Waals surface area (Å²) in [5.74, 6) is -0.259. The Labute approximate surface area is 98.6 Å². The van der Waals surface area contributed by atoms with E-state index in [1.807, 2.05) is 6.08 Å². The van der Waals surface area contributed by atoms with E-state index in [0.29, 0.717) is 12.1 Å². The van der Waals surface area contributed by atoms with Crippen molar-refractivity contribution in [2.45, 2.75) is 20.8 Å². The molecule has 16 heavy (non-hydrogen) atoms. The average molecular weight is 228 g/mol. The largest absolute Gasteiger partial charge is 0.466 e. The molecule has 0 rings (SSSR count). The van der Waals surface area contributed by atoms with Crippen molar-refractivity contribution in [1.29, 1.82) is 0 Å². The number of likely N-dealkylation sites (N-methyl/N-ethyl adjacent to an activating group) is 1. The van der Waals surface area contributed by atoms with Gasteiger partial charge in [0.15, 0.2) is 0 Å². The zero-order chi connectivity index (χ0) is 12.4. The molecule has 94 valence electrons. The predicted molar refractivity (Wildman–Crippen MR) is 66.4 cm³/mol. The number of carbonyl (C=O) groups is 1. The third kappa shape index (κ3) is 6.58. The first-order valence-corrected chi connectivity index (χ1v) is 5.83. The molecule has 0 aliphatic carbocycles. The first kappa shape index (κ1) is 15.1. The minimum Gasteiger partial charge on any atom is -0.466 e. The van der Waals surface area contributed by atoms with E-state index in [1.54, 1.807) is 6.92 Å². The fourth-order valence-corrected chi connectivity index (χ4v) is 1.35. The number of ether oxygens (including phenoxy) is 1. The second-order valence-corrected chi connectivity index (χ2v) is 3.61. The first-order chi connectivity index (χ1) is 7.65. The van der Waals surface area contributed by atoms with Crippen molar-refractivity contribution in [3.05, 3.63) is 11.6 Å². The van der Waals surface area contributed by atoms with Crippen LogP contribution < -0.4 is 5.32 Å². The molecule has 0 spiro atoms. The highest BCUT2D eigenvalue weighted by molar-refractivity contribution is 5.87. The Bertz CT molecular complexity index is 223. The van der Waals surface area contributed by atoms with E-state index in [9.17, 15) is 4.79 Å². The molecular formula is C12H24N2O2. The van der Waals surface area contributed by atoms with E-state index < -0.39 is 0 Å². The van der Waals surface area contributed by atoms with Gasteiger partial charge in [0.25, 0.3) is 0 Å². The Hall–Kier alpha value is -0.870. The topological polar surface area (TPSA) is 41.6 Å². The standard InChI is InChI=1S/C12H24N2O2/c1-5-14(6-2)10-9-13-8-7-11(3)12(15)16-4/h7,13H,5-6,8-10H2,1-4H3/b11-7-. The van der Waals surface area contributed by atoms with Crippen LogP contribution in [0.2, 0.25) is 0 Å². The summed E-state index contributed by atoms with van der Waals surface area (Å²) in [6.07, 6.45) is 1.86. The van der Waals surface area contributed by atoms with Gasteiger partial charge in [-0.25, -0.2) is 4.79 Å². The monoisotopic (exact) mass is 228 g/mol. The quantitative estimate of drug-likeness (QED) is 0.383. The summed E-state index contributed by atoms with van der Waals surface area (Å²) < 4.78 is 4.60. The van der Waals surface area contributed by atoms with E-state index >= 15 is 0 Å². The lowest BCUT2D eigenvalue weighted by Gasteiger charge is -2.17. The predicted octanol–water partition coefficient (Wildman–Crippen LogP) is 1.04. The summed E-state index contributed by atoms with van der Waals surface area (Å²) in [6.45, 7) is 10.9. The molecule has 0 aromatic carbocycles. The zero-order valence-corrected chi connectivity index (χ0v) is 10.9. The van der Waals surface area contributed by atoms with Gasteiger partial charge in [-0.1, -0.05) is 19.9 Å². The molecule has 0 fully saturated rings. The second kappa shape index (κ2) is 9.36. The number of hydrogen-bond donors (Lipinski definition) is 1. The lowest BCUT2D eigenvalue weighted by Crippen LogP contribution is -2.32. The molecule has 0 aliphatic heterocycles. The van der Waals surface area contributed by atoms with Crippen LogP contribution in [0.1, 0.15) is 20.8 Å². The molecule has 0 aromatic rings. The Kier molecular flexibility index (Phi) is 8.85. The number of nitrogens with one attached hydrogen (secondary N) is 1. The van der Waals surface area contributed by atoms with Crippen LogP contribution in [0.5, 0.6) is 0 Å². The third-order valence-corrected chi connectivity index (χ3v) is 2.56. The average Bonchev–Trinajstić information content (AvgIpc) is 2.32. The van der Waals surface area contributed by atoms with Gasteiger partial charge in [0.05, 0.1) is 7.11 Å². The fraction of sp³-hybridized carbons (Fsp3) is 0.750. The van der Waals surface area contributed by atoms with E-state index in [2.05, 4.69) is 28.8 Å². The number of nitrogens with zero attached hydrogens (tertiary/aromatic N) is 1. The summed E-state index contributed by atoms with van der Waals surface area (Å²) in [5.41, 5.74) is 0.651. The highest BCUT2D eigenvalue weighted by atomic mass is 16.5. The lowest BCUT2D eigenvalue weighted by molar-refractivity contribution is -0.136. The van der Waals surface area contributed by atoms with Crippen LogP contribution >= 0.6 is 0 Å². The van der Waals surface area contributed by atoms with Gasteiger partial charge in [-0.05, 0) is 20.0 Å². The van der Waals surface area contributed by atoms with Crippen LogP contribution in [0.15, 0.2) is 11.6 Å². The van der Waals surface area contributed by atoms with Crippen LogP contribution in [0.25, 0.3) is 0 Å². The smallest absolute Gasteiger partial charge is 0.333 e. The van der Waals surface area contributed by atoms with E-state index in [1.165, 1.54) is 7.11 Å². The highest BCUT2D eigenvalue weighted by Gasteiger charge is 2.01. The summed E-state index contributed by atoms with van der Waals surface area (Å²) >= 11 is 0. The molecule has 0 bridgehead atoms. The van der Waals surface area contributed by atoms with Crippen molar-refractivity contribution in [3.63, 3.8) is 0 Å². The van der Waals surface area contributed by atoms with Crippen molar-refractivity contribution in [3.8, 4) is 0 Å². The maximum Gasteiger partial charge on any atom is 0.333 e. The molecule has 0 aromatic heterocycles. The molecule has 0 heterocycles. The molecule has 0 amide bonds. The minimum atomic E-state index is -0.259. The lowest BCUT2D eigenvalue weighted by atomic mass is 10.3. The Morgan fingerprint density at radius 1 is 1.38 bits per heavy atom. The van der Waals surface area contributed by atoms with Crippen LogP contribution in [-0.2, 0) is 9.53 Å². The van der Waals surface area contributed by atoms with Gasteiger partial charge in [-0.15, -0.1) is 0 Å². The Morgan fingerprint density at radius 3 is 2.50 bits per heavy atom. The molecule has 0 aliphatic rings. The molecular weight excluding hydrogens is 204 g/mol. The van der Waals surface area contributed by atoms with Gasteiger partial charge in [0.2, 0.25) is 0 Å². The number of rotatable bonds is 8. The van der Waals surface area contributed by atoms with E-state index in [-0.39, 0.29) is 5.97 Å². The fourth-order valence-electron chi connectivity index (χ4n) is 1.35. The summed E-state index contributed by atoms with van der Waals surface area (Å²) in [7, 11) is 1.40. The van der Waals surface area contributed by atoms with Gasteiger partial charge in [0, 0.05) is 25.2 Å². The maximum absolute atomic E-state index is 11.0. The zero-order valence-electron chi connectivity index (χ0n) is 10.9. The normalized spacial score (nSPS) is 11.9.